The summed E-state index contributed by atoms with van der Waals surface area (Å²) in [6, 6.07) is 13.8. The first-order valence-electron chi connectivity index (χ1n) is 11.1. The number of esters is 1. The maximum absolute atomic E-state index is 14.5. The van der Waals surface area contributed by atoms with E-state index in [1.807, 2.05) is 30.3 Å². The second-order valence-corrected chi connectivity index (χ2v) is 7.85. The molecule has 0 aliphatic carbocycles. The summed E-state index contributed by atoms with van der Waals surface area (Å²) < 4.78 is 21.1. The highest BCUT2D eigenvalue weighted by Gasteiger charge is 2.21. The van der Waals surface area contributed by atoms with E-state index in [9.17, 15) is 28.9 Å². The highest BCUT2D eigenvalue weighted by Crippen LogP contribution is 2.26. The van der Waals surface area contributed by atoms with Crippen molar-refractivity contribution in [2.45, 2.75) is 39.2 Å². The molecule has 3 aromatic rings. The molecule has 0 radical (unpaired) electrons. The molecule has 2 aromatic carbocycles. The molecule has 12 heteroatoms. The Morgan fingerprint density at radius 3 is 2.27 bits per heavy atom. The number of carbonyl (C=O) groups excluding carboxylic acids is 1. The van der Waals surface area contributed by atoms with Gasteiger partial charge < -0.3 is 25.1 Å². The number of rotatable bonds is 10. The van der Waals surface area contributed by atoms with Gasteiger partial charge in [-0.1, -0.05) is 42.5 Å². The topological polar surface area (TPSA) is 162 Å². The number of hydrogen-bond acceptors (Lipinski definition) is 7. The van der Waals surface area contributed by atoms with Gasteiger partial charge in [0.2, 0.25) is 0 Å². The number of aromatic nitrogens is 2. The van der Waals surface area contributed by atoms with Crippen molar-refractivity contribution in [1.29, 1.82) is 0 Å². The number of halogens is 1. The molecule has 0 saturated heterocycles. The Kier molecular flexibility index (Phi) is 10.4. The van der Waals surface area contributed by atoms with Gasteiger partial charge in [-0.2, -0.15) is 0 Å². The highest BCUT2D eigenvalue weighted by molar-refractivity contribution is 5.78. The molecule has 1 aromatic heterocycles. The van der Waals surface area contributed by atoms with Gasteiger partial charge in [0.15, 0.2) is 5.82 Å². The minimum Gasteiger partial charge on any atom is -0.481 e. The summed E-state index contributed by atoms with van der Waals surface area (Å²) in [5.74, 6) is -3.48. The number of aliphatic carboxylic acids is 2. The lowest BCUT2D eigenvalue weighted by atomic mass is 9.97. The Morgan fingerprint density at radius 2 is 1.73 bits per heavy atom. The fourth-order valence-electron chi connectivity index (χ4n) is 3.24. The number of carbonyl (C=O) groups is 3. The minimum atomic E-state index is -1.08. The molecule has 0 saturated carbocycles. The van der Waals surface area contributed by atoms with Crippen molar-refractivity contribution in [2.75, 3.05) is 6.61 Å². The van der Waals surface area contributed by atoms with Crippen LogP contribution < -0.4 is 0 Å². The Morgan fingerprint density at radius 1 is 1.11 bits per heavy atom. The summed E-state index contributed by atoms with van der Waals surface area (Å²) in [4.78, 5) is 46.0. The number of nitro groups is 1. The molecular formula is C25H26FN3O8. The molecule has 0 spiro atoms. The number of hydrogen-bond donors (Lipinski definition) is 2. The van der Waals surface area contributed by atoms with Crippen molar-refractivity contribution >= 4 is 23.7 Å². The molecule has 2 N–H and O–H groups in total. The normalized spacial score (nSPS) is 11.1. The Bertz CT molecular complexity index is 1250. The van der Waals surface area contributed by atoms with Gasteiger partial charge in [0.1, 0.15) is 25.2 Å². The quantitative estimate of drug-likeness (QED) is 0.229. The van der Waals surface area contributed by atoms with Gasteiger partial charge in [-0.15, -0.1) is 0 Å². The Labute approximate surface area is 211 Å². The second kappa shape index (κ2) is 13.5. The highest BCUT2D eigenvalue weighted by atomic mass is 19.1. The molecule has 0 fully saturated rings. The van der Waals surface area contributed by atoms with Crippen molar-refractivity contribution in [3.05, 3.63) is 82.0 Å². The van der Waals surface area contributed by atoms with Gasteiger partial charge in [-0.05, 0) is 29.0 Å². The lowest BCUT2D eigenvalue weighted by Gasteiger charge is -2.13. The molecule has 11 nitrogen and oxygen atoms in total. The first kappa shape index (κ1) is 28.6. The standard InChI is InChI=1S/C21H20FN3O4.C4H6O4/c1-14(17-8-9-18(19(22)12-17)16-6-4-3-5-7-16)21(26)29-11-10-24-15(2)23-13-20(24)25(27)28;5-3(6)1-2-4(7)8/h3-9,12-14H,10-11H2,1-2H3;1-2H2,(H,5,6)(H,7,8)/t14-;/m0./s1. The largest absolute Gasteiger partial charge is 0.481 e. The Balaban J connectivity index is 0.000000521. The fraction of sp³-hybridized carbons (Fsp3) is 0.280. The average Bonchev–Trinajstić information content (AvgIpc) is 3.23. The zero-order chi connectivity index (χ0) is 27.5. The van der Waals surface area contributed by atoms with Gasteiger partial charge in [-0.3, -0.25) is 14.4 Å². The van der Waals surface area contributed by atoms with Gasteiger partial charge >= 0.3 is 23.7 Å². The monoisotopic (exact) mass is 515 g/mol. The third-order valence-electron chi connectivity index (χ3n) is 5.26. The van der Waals surface area contributed by atoms with Gasteiger partial charge in [-0.25, -0.2) is 13.9 Å². The molecule has 0 aliphatic rings. The summed E-state index contributed by atoms with van der Waals surface area (Å²) in [6.07, 6.45) is 0.571. The van der Waals surface area contributed by atoms with Crippen molar-refractivity contribution in [2.24, 2.45) is 0 Å². The third-order valence-corrected chi connectivity index (χ3v) is 5.26. The molecule has 0 unspecified atom stereocenters. The molecular weight excluding hydrogens is 489 g/mol. The van der Waals surface area contributed by atoms with Crippen LogP contribution in [-0.4, -0.2) is 49.2 Å². The molecule has 3 rings (SSSR count). The van der Waals surface area contributed by atoms with E-state index in [2.05, 4.69) is 4.98 Å². The van der Waals surface area contributed by atoms with E-state index in [-0.39, 0.29) is 31.8 Å². The van der Waals surface area contributed by atoms with Crippen LogP contribution in [0, 0.1) is 22.9 Å². The smallest absolute Gasteiger partial charge is 0.342 e. The summed E-state index contributed by atoms with van der Waals surface area (Å²) in [5, 5.41) is 26.8. The van der Waals surface area contributed by atoms with E-state index in [1.165, 1.54) is 10.6 Å². The van der Waals surface area contributed by atoms with Crippen LogP contribution in [0.3, 0.4) is 0 Å². The zero-order valence-corrected chi connectivity index (χ0v) is 20.2. The summed E-state index contributed by atoms with van der Waals surface area (Å²) in [7, 11) is 0. The van der Waals surface area contributed by atoms with Crippen molar-refractivity contribution in [3.8, 4) is 11.1 Å². The number of carboxylic acids is 2. The van der Waals surface area contributed by atoms with Crippen LogP contribution in [-0.2, 0) is 25.7 Å². The van der Waals surface area contributed by atoms with Crippen LogP contribution >= 0.6 is 0 Å². The lowest BCUT2D eigenvalue weighted by molar-refractivity contribution is -0.392. The van der Waals surface area contributed by atoms with Crippen molar-refractivity contribution in [3.63, 3.8) is 0 Å². The van der Waals surface area contributed by atoms with Crippen LogP contribution in [0.2, 0.25) is 0 Å². The molecule has 37 heavy (non-hydrogen) atoms. The van der Waals surface area contributed by atoms with E-state index in [4.69, 9.17) is 14.9 Å². The predicted molar refractivity (Wildman–Crippen MR) is 129 cm³/mol. The fourth-order valence-corrected chi connectivity index (χ4v) is 3.24. The van der Waals surface area contributed by atoms with E-state index in [0.29, 0.717) is 17.0 Å². The van der Waals surface area contributed by atoms with Gasteiger partial charge in [0.05, 0.1) is 18.8 Å². The maximum Gasteiger partial charge on any atom is 0.342 e. The van der Waals surface area contributed by atoms with Crippen LogP contribution in [0.15, 0.2) is 54.7 Å². The first-order valence-corrected chi connectivity index (χ1v) is 11.1. The number of ether oxygens (including phenoxy) is 1. The van der Waals surface area contributed by atoms with Crippen LogP contribution in [0.1, 0.15) is 37.1 Å². The number of benzene rings is 2. The zero-order valence-electron chi connectivity index (χ0n) is 20.2. The summed E-state index contributed by atoms with van der Waals surface area (Å²) >= 11 is 0. The van der Waals surface area contributed by atoms with Crippen molar-refractivity contribution in [1.82, 2.24) is 9.55 Å². The van der Waals surface area contributed by atoms with E-state index in [0.717, 1.165) is 11.8 Å². The number of nitrogens with zero attached hydrogens (tertiary/aromatic N) is 3. The van der Waals surface area contributed by atoms with Crippen LogP contribution in [0.25, 0.3) is 11.1 Å². The SMILES string of the molecule is Cc1ncc([N+](=O)[O-])n1CCOC(=O)[C@@H](C)c1ccc(-c2ccccc2)c(F)c1.O=C(O)CCC(=O)O. The molecule has 0 amide bonds. The Hall–Kier alpha value is -4.61. The molecule has 1 heterocycles. The summed E-state index contributed by atoms with van der Waals surface area (Å²) in [5.41, 5.74) is 1.71. The van der Waals surface area contributed by atoms with E-state index >= 15 is 0 Å². The number of aryl methyl sites for hydroxylation is 1. The van der Waals surface area contributed by atoms with Gasteiger partial charge in [0.25, 0.3) is 0 Å². The molecule has 1 atom stereocenters. The van der Waals surface area contributed by atoms with Crippen molar-refractivity contribution < 1.29 is 38.6 Å². The average molecular weight is 515 g/mol. The lowest BCUT2D eigenvalue weighted by Crippen LogP contribution is -2.17. The molecule has 0 aliphatic heterocycles. The van der Waals surface area contributed by atoms with Gasteiger partial charge in [0, 0.05) is 12.5 Å². The second-order valence-electron chi connectivity index (χ2n) is 7.85. The van der Waals surface area contributed by atoms with E-state index in [1.54, 1.807) is 26.0 Å². The summed E-state index contributed by atoms with van der Waals surface area (Å²) in [6.45, 7) is 3.33. The number of carboxylic acid groups (broad SMARTS) is 2. The third kappa shape index (κ3) is 8.53. The maximum atomic E-state index is 14.5. The van der Waals surface area contributed by atoms with Crippen LogP contribution in [0.4, 0.5) is 10.2 Å². The van der Waals surface area contributed by atoms with E-state index < -0.39 is 34.6 Å². The number of imidazole rings is 1. The van der Waals surface area contributed by atoms with Crippen LogP contribution in [0.5, 0.6) is 0 Å². The molecule has 196 valence electrons. The first-order chi connectivity index (χ1) is 17.5. The molecule has 0 bridgehead atoms. The predicted octanol–water partition coefficient (Wildman–Crippen LogP) is 4.19. The minimum absolute atomic E-state index is 0.0498.